The van der Waals surface area contributed by atoms with Crippen LogP contribution in [0.15, 0.2) is 11.4 Å². The highest BCUT2D eigenvalue weighted by Gasteiger charge is 2.29. The van der Waals surface area contributed by atoms with E-state index in [1.807, 2.05) is 0 Å². The summed E-state index contributed by atoms with van der Waals surface area (Å²) in [5.74, 6) is 0.345. The van der Waals surface area contributed by atoms with E-state index in [4.69, 9.17) is 4.74 Å². The topological polar surface area (TPSA) is 81.2 Å². The van der Waals surface area contributed by atoms with Crippen molar-refractivity contribution in [1.82, 2.24) is 9.97 Å². The van der Waals surface area contributed by atoms with E-state index >= 15 is 0 Å². The van der Waals surface area contributed by atoms with Gasteiger partial charge in [-0.05, 0) is 68.9 Å². The van der Waals surface area contributed by atoms with Crippen LogP contribution >= 0.6 is 34.4 Å². The van der Waals surface area contributed by atoms with Crippen LogP contribution in [0.2, 0.25) is 0 Å². The Morgan fingerprint density at radius 3 is 2.85 bits per heavy atom. The van der Waals surface area contributed by atoms with Crippen LogP contribution in [-0.2, 0) is 35.2 Å². The lowest BCUT2D eigenvalue weighted by Crippen LogP contribution is -2.18. The minimum atomic E-state index is -0.352. The summed E-state index contributed by atoms with van der Waals surface area (Å²) in [4.78, 5) is 38.7. The third-order valence-electron chi connectivity index (χ3n) is 6.29. The molecule has 3 aromatic heterocycles. The second-order valence-corrected chi connectivity index (χ2v) is 11.8. The van der Waals surface area contributed by atoms with Gasteiger partial charge in [-0.1, -0.05) is 18.7 Å². The number of ether oxygens (including phenoxy) is 1. The zero-order valence-corrected chi connectivity index (χ0v) is 21.3. The molecule has 2 aliphatic carbocycles. The molecule has 1 amide bonds. The second kappa shape index (κ2) is 9.72. The molecule has 1 N–H and O–H groups in total. The molecule has 2 aliphatic rings. The van der Waals surface area contributed by atoms with Crippen molar-refractivity contribution in [1.29, 1.82) is 0 Å². The van der Waals surface area contributed by atoms with Gasteiger partial charge in [0.2, 0.25) is 5.91 Å². The van der Waals surface area contributed by atoms with Crippen molar-refractivity contribution in [2.75, 3.05) is 17.7 Å². The number of aryl methyl sites for hydroxylation is 2. The van der Waals surface area contributed by atoms with Crippen LogP contribution in [0.5, 0.6) is 0 Å². The van der Waals surface area contributed by atoms with Crippen molar-refractivity contribution in [2.24, 2.45) is 5.92 Å². The first-order valence-electron chi connectivity index (χ1n) is 11.5. The summed E-state index contributed by atoms with van der Waals surface area (Å²) in [5, 5.41) is 5.06. The summed E-state index contributed by atoms with van der Waals surface area (Å²) in [5.41, 5.74) is 3.14. The molecule has 33 heavy (non-hydrogen) atoms. The highest BCUT2D eigenvalue weighted by molar-refractivity contribution is 8.00. The maximum absolute atomic E-state index is 13.0. The molecule has 0 aromatic carbocycles. The van der Waals surface area contributed by atoms with E-state index in [1.165, 1.54) is 51.3 Å². The van der Waals surface area contributed by atoms with Gasteiger partial charge in [0.25, 0.3) is 0 Å². The van der Waals surface area contributed by atoms with Gasteiger partial charge in [-0.3, -0.25) is 4.79 Å². The molecular weight excluding hydrogens is 474 g/mol. The zero-order valence-electron chi connectivity index (χ0n) is 18.9. The van der Waals surface area contributed by atoms with Crippen molar-refractivity contribution >= 4 is 62.2 Å². The molecule has 0 saturated heterocycles. The SMILES string of the molecule is CCOC(=O)c1sc2c(c1NC(=O)CSc1ncnc3sc4c(c13)CCCC4)CC[C@@H](C)C2. The van der Waals surface area contributed by atoms with E-state index in [2.05, 4.69) is 22.2 Å². The van der Waals surface area contributed by atoms with E-state index in [-0.39, 0.29) is 17.6 Å². The fraction of sp³-hybridized carbons (Fsp3) is 0.500. The molecule has 0 aliphatic heterocycles. The van der Waals surface area contributed by atoms with E-state index in [0.717, 1.165) is 52.9 Å². The van der Waals surface area contributed by atoms with Crippen molar-refractivity contribution in [2.45, 2.75) is 63.8 Å². The smallest absolute Gasteiger partial charge is 0.350 e. The minimum absolute atomic E-state index is 0.124. The van der Waals surface area contributed by atoms with Crippen LogP contribution in [0, 0.1) is 5.92 Å². The van der Waals surface area contributed by atoms with Crippen molar-refractivity contribution in [3.8, 4) is 0 Å². The molecule has 0 radical (unpaired) electrons. The maximum Gasteiger partial charge on any atom is 0.350 e. The van der Waals surface area contributed by atoms with Gasteiger partial charge in [-0.2, -0.15) is 0 Å². The number of esters is 1. The average Bonchev–Trinajstić information content (AvgIpc) is 3.36. The standard InChI is InChI=1S/C24H27N3O3S3/c1-3-30-24(29)21-20(15-9-8-13(2)10-17(15)32-21)27-18(28)11-31-22-19-14-6-4-5-7-16(14)33-23(19)26-12-25-22/h12-13H,3-11H2,1-2H3,(H,27,28)/t13-/m1/s1. The van der Waals surface area contributed by atoms with Crippen molar-refractivity contribution in [3.05, 3.63) is 32.1 Å². The van der Waals surface area contributed by atoms with Gasteiger partial charge in [0, 0.05) is 15.1 Å². The Labute approximate surface area is 205 Å². The maximum atomic E-state index is 13.0. The van der Waals surface area contributed by atoms with E-state index in [1.54, 1.807) is 24.6 Å². The zero-order chi connectivity index (χ0) is 22.9. The normalized spacial score (nSPS) is 17.5. The summed E-state index contributed by atoms with van der Waals surface area (Å²) < 4.78 is 5.28. The molecule has 0 saturated carbocycles. The Balaban J connectivity index is 1.36. The Kier molecular flexibility index (Phi) is 6.72. The van der Waals surface area contributed by atoms with Crippen LogP contribution in [0.1, 0.15) is 63.7 Å². The van der Waals surface area contributed by atoms with Crippen LogP contribution in [-0.4, -0.2) is 34.2 Å². The Bertz CT molecular complexity index is 1220. The number of carbonyl (C=O) groups is 2. The number of aromatic nitrogens is 2. The van der Waals surface area contributed by atoms with Gasteiger partial charge in [-0.15, -0.1) is 22.7 Å². The Morgan fingerprint density at radius 1 is 1.15 bits per heavy atom. The molecule has 9 heteroatoms. The molecule has 1 atom stereocenters. The molecule has 174 valence electrons. The lowest BCUT2D eigenvalue weighted by Gasteiger charge is -2.19. The summed E-state index contributed by atoms with van der Waals surface area (Å²) in [6.45, 7) is 4.34. The number of thiophene rings is 2. The fourth-order valence-electron chi connectivity index (χ4n) is 4.70. The van der Waals surface area contributed by atoms with Crippen LogP contribution < -0.4 is 5.32 Å². The number of hydrogen-bond acceptors (Lipinski definition) is 8. The number of rotatable bonds is 6. The summed E-state index contributed by atoms with van der Waals surface area (Å²) in [6.07, 6.45) is 9.07. The monoisotopic (exact) mass is 501 g/mol. The lowest BCUT2D eigenvalue weighted by molar-refractivity contribution is -0.113. The first-order valence-corrected chi connectivity index (χ1v) is 14.2. The Hall–Kier alpha value is -1.97. The van der Waals surface area contributed by atoms with Gasteiger partial charge < -0.3 is 10.1 Å². The highest BCUT2D eigenvalue weighted by atomic mass is 32.2. The van der Waals surface area contributed by atoms with Gasteiger partial charge in [0.1, 0.15) is 21.1 Å². The molecule has 0 unspecified atom stereocenters. The van der Waals surface area contributed by atoms with Gasteiger partial charge >= 0.3 is 5.97 Å². The molecule has 0 bridgehead atoms. The molecule has 0 spiro atoms. The number of nitrogens with zero attached hydrogens (tertiary/aromatic N) is 2. The molecule has 3 heterocycles. The summed E-state index contributed by atoms with van der Waals surface area (Å²) >= 11 is 4.69. The van der Waals surface area contributed by atoms with Crippen molar-refractivity contribution in [3.63, 3.8) is 0 Å². The van der Waals surface area contributed by atoms with Crippen molar-refractivity contribution < 1.29 is 14.3 Å². The van der Waals surface area contributed by atoms with Gasteiger partial charge in [0.15, 0.2) is 0 Å². The number of thioether (sulfide) groups is 1. The average molecular weight is 502 g/mol. The van der Waals surface area contributed by atoms with Crippen LogP contribution in [0.4, 0.5) is 5.69 Å². The molecule has 0 fully saturated rings. The second-order valence-electron chi connectivity index (χ2n) is 8.68. The number of nitrogens with one attached hydrogen (secondary N) is 1. The minimum Gasteiger partial charge on any atom is -0.462 e. The number of carbonyl (C=O) groups excluding carboxylic acids is 2. The largest absolute Gasteiger partial charge is 0.462 e. The predicted molar refractivity (Wildman–Crippen MR) is 135 cm³/mol. The van der Waals surface area contributed by atoms with Crippen LogP contribution in [0.3, 0.4) is 0 Å². The van der Waals surface area contributed by atoms with Gasteiger partial charge in [0.05, 0.1) is 18.0 Å². The molecule has 6 nitrogen and oxygen atoms in total. The fourth-order valence-corrected chi connectivity index (χ4v) is 8.18. The third-order valence-corrected chi connectivity index (χ3v) is 9.72. The molecular formula is C24H27N3O3S3. The first kappa shape index (κ1) is 22.8. The van der Waals surface area contributed by atoms with E-state index in [9.17, 15) is 9.59 Å². The summed E-state index contributed by atoms with van der Waals surface area (Å²) in [7, 11) is 0. The van der Waals surface area contributed by atoms with Crippen LogP contribution in [0.25, 0.3) is 10.2 Å². The predicted octanol–water partition coefficient (Wildman–Crippen LogP) is 5.66. The Morgan fingerprint density at radius 2 is 2.00 bits per heavy atom. The number of hydrogen-bond donors (Lipinski definition) is 1. The van der Waals surface area contributed by atoms with E-state index < -0.39 is 0 Å². The van der Waals surface area contributed by atoms with Gasteiger partial charge in [-0.25, -0.2) is 14.8 Å². The lowest BCUT2D eigenvalue weighted by atomic mass is 9.89. The number of amides is 1. The summed E-state index contributed by atoms with van der Waals surface area (Å²) in [6, 6.07) is 0. The third kappa shape index (κ3) is 4.55. The quantitative estimate of drug-likeness (QED) is 0.266. The highest BCUT2D eigenvalue weighted by Crippen LogP contribution is 2.41. The molecule has 3 aromatic rings. The number of anilines is 1. The van der Waals surface area contributed by atoms with E-state index in [0.29, 0.717) is 23.1 Å². The first-order chi connectivity index (χ1) is 16.0. The molecule has 5 rings (SSSR count). The number of fused-ring (bicyclic) bond motifs is 4.